The molecule has 138 valence electrons. The number of aryl methyl sites for hydroxylation is 1. The molecule has 6 heteroatoms. The smallest absolute Gasteiger partial charge is 0.258 e. The van der Waals surface area contributed by atoms with Gasteiger partial charge in [-0.15, -0.1) is 0 Å². The van der Waals surface area contributed by atoms with Crippen molar-refractivity contribution in [1.82, 2.24) is 14.9 Å². The van der Waals surface area contributed by atoms with Crippen LogP contribution in [-0.2, 0) is 11.3 Å². The summed E-state index contributed by atoms with van der Waals surface area (Å²) in [7, 11) is 0. The summed E-state index contributed by atoms with van der Waals surface area (Å²) >= 11 is 0. The van der Waals surface area contributed by atoms with Crippen LogP contribution in [0.1, 0.15) is 42.9 Å². The standard InChI is InChI=1S/C20H25N3O3/c1-15-6-8-17(9-7-15)26-13-19(24)21-10-11-23-14-22-18(12-20(23)25)16-4-2-3-5-16/h6-9,12,14,16H,2-5,10-11,13H2,1H3,(H,21,24). The van der Waals surface area contributed by atoms with Gasteiger partial charge < -0.3 is 10.1 Å². The molecule has 6 nitrogen and oxygen atoms in total. The molecule has 26 heavy (non-hydrogen) atoms. The van der Waals surface area contributed by atoms with Gasteiger partial charge in [0.2, 0.25) is 0 Å². The number of benzene rings is 1. The van der Waals surface area contributed by atoms with Gasteiger partial charge in [0, 0.05) is 25.1 Å². The molecule has 0 radical (unpaired) electrons. The summed E-state index contributed by atoms with van der Waals surface area (Å²) in [6.45, 7) is 2.71. The lowest BCUT2D eigenvalue weighted by atomic mass is 10.0. The molecule has 1 saturated carbocycles. The fourth-order valence-electron chi connectivity index (χ4n) is 3.20. The van der Waals surface area contributed by atoms with E-state index in [4.69, 9.17) is 4.74 Å². The fraction of sp³-hybridized carbons (Fsp3) is 0.450. The molecule has 1 amide bonds. The molecular weight excluding hydrogens is 330 g/mol. The maximum atomic E-state index is 12.2. The summed E-state index contributed by atoms with van der Waals surface area (Å²) in [5.74, 6) is 0.874. The first-order valence-electron chi connectivity index (χ1n) is 9.14. The summed E-state index contributed by atoms with van der Waals surface area (Å²) < 4.78 is 6.96. The van der Waals surface area contributed by atoms with Crippen LogP contribution in [0, 0.1) is 6.92 Å². The molecule has 1 aromatic carbocycles. The van der Waals surface area contributed by atoms with Crippen LogP contribution < -0.4 is 15.6 Å². The third-order valence-electron chi connectivity index (χ3n) is 4.74. The number of carbonyl (C=O) groups excluding carboxylic acids is 1. The summed E-state index contributed by atoms with van der Waals surface area (Å²) in [6.07, 6.45) is 6.25. The topological polar surface area (TPSA) is 73.2 Å². The molecule has 3 rings (SSSR count). The number of ether oxygens (including phenoxy) is 1. The lowest BCUT2D eigenvalue weighted by Crippen LogP contribution is -2.33. The number of aromatic nitrogens is 2. The van der Waals surface area contributed by atoms with Crippen molar-refractivity contribution in [1.29, 1.82) is 0 Å². The molecule has 1 fully saturated rings. The van der Waals surface area contributed by atoms with Gasteiger partial charge in [-0.2, -0.15) is 0 Å². The van der Waals surface area contributed by atoms with Crippen LogP contribution >= 0.6 is 0 Å². The Morgan fingerprint density at radius 1 is 1.27 bits per heavy atom. The van der Waals surface area contributed by atoms with Crippen molar-refractivity contribution in [3.8, 4) is 5.75 Å². The molecule has 1 aliphatic rings. The van der Waals surface area contributed by atoms with Gasteiger partial charge in [-0.1, -0.05) is 30.5 Å². The molecule has 1 N–H and O–H groups in total. The maximum absolute atomic E-state index is 12.2. The van der Waals surface area contributed by atoms with E-state index >= 15 is 0 Å². The number of hydrogen-bond donors (Lipinski definition) is 1. The largest absolute Gasteiger partial charge is 0.484 e. The Hall–Kier alpha value is -2.63. The van der Waals surface area contributed by atoms with Crippen LogP contribution in [0.4, 0.5) is 0 Å². The molecule has 0 aliphatic heterocycles. The van der Waals surface area contributed by atoms with Gasteiger partial charge in [0.1, 0.15) is 5.75 Å². The maximum Gasteiger partial charge on any atom is 0.258 e. The Bertz CT molecular complexity index is 793. The molecule has 0 bridgehead atoms. The van der Waals surface area contributed by atoms with Crippen molar-refractivity contribution < 1.29 is 9.53 Å². The van der Waals surface area contributed by atoms with E-state index in [0.29, 0.717) is 24.8 Å². The first-order valence-corrected chi connectivity index (χ1v) is 9.14. The van der Waals surface area contributed by atoms with Crippen molar-refractivity contribution in [2.24, 2.45) is 0 Å². The quantitative estimate of drug-likeness (QED) is 0.828. The van der Waals surface area contributed by atoms with E-state index in [2.05, 4.69) is 10.3 Å². The molecule has 0 spiro atoms. The van der Waals surface area contributed by atoms with Gasteiger partial charge in [0.25, 0.3) is 11.5 Å². The second kappa shape index (κ2) is 8.65. The SMILES string of the molecule is Cc1ccc(OCC(=O)NCCn2cnc(C3CCCC3)cc2=O)cc1. The van der Waals surface area contributed by atoms with Gasteiger partial charge in [-0.05, 0) is 31.9 Å². The number of hydrogen-bond acceptors (Lipinski definition) is 4. The first-order chi connectivity index (χ1) is 12.6. The molecule has 1 heterocycles. The number of amides is 1. The summed E-state index contributed by atoms with van der Waals surface area (Å²) in [6, 6.07) is 9.17. The van der Waals surface area contributed by atoms with E-state index in [9.17, 15) is 9.59 Å². The average molecular weight is 355 g/mol. The lowest BCUT2D eigenvalue weighted by Gasteiger charge is -2.11. The third kappa shape index (κ3) is 4.94. The van der Waals surface area contributed by atoms with E-state index in [1.165, 1.54) is 17.4 Å². The molecule has 0 unspecified atom stereocenters. The number of nitrogens with zero attached hydrogens (tertiary/aromatic N) is 2. The Balaban J connectivity index is 1.43. The molecular formula is C20H25N3O3. The zero-order valence-corrected chi connectivity index (χ0v) is 15.1. The van der Waals surface area contributed by atoms with Crippen LogP contribution in [-0.4, -0.2) is 28.6 Å². The van der Waals surface area contributed by atoms with Crippen LogP contribution in [0.2, 0.25) is 0 Å². The van der Waals surface area contributed by atoms with Crippen LogP contribution in [0.3, 0.4) is 0 Å². The number of carbonyl (C=O) groups is 1. The second-order valence-electron chi connectivity index (χ2n) is 6.78. The van der Waals surface area contributed by atoms with Gasteiger partial charge in [-0.25, -0.2) is 4.98 Å². The van der Waals surface area contributed by atoms with Crippen molar-refractivity contribution in [3.63, 3.8) is 0 Å². The molecule has 1 aromatic heterocycles. The fourth-order valence-corrected chi connectivity index (χ4v) is 3.20. The zero-order chi connectivity index (χ0) is 18.4. The van der Waals surface area contributed by atoms with Crippen molar-refractivity contribution in [2.45, 2.75) is 45.1 Å². The monoisotopic (exact) mass is 355 g/mol. The van der Waals surface area contributed by atoms with E-state index < -0.39 is 0 Å². The van der Waals surface area contributed by atoms with Gasteiger partial charge >= 0.3 is 0 Å². The Morgan fingerprint density at radius 2 is 2.00 bits per heavy atom. The summed E-state index contributed by atoms with van der Waals surface area (Å²) in [5.41, 5.74) is 1.98. The molecule has 0 saturated heterocycles. The minimum atomic E-state index is -0.214. The highest BCUT2D eigenvalue weighted by Crippen LogP contribution is 2.32. The second-order valence-corrected chi connectivity index (χ2v) is 6.78. The van der Waals surface area contributed by atoms with Crippen LogP contribution in [0.25, 0.3) is 0 Å². The van der Waals surface area contributed by atoms with E-state index in [1.54, 1.807) is 12.4 Å². The minimum Gasteiger partial charge on any atom is -0.484 e. The third-order valence-corrected chi connectivity index (χ3v) is 4.74. The number of nitrogens with one attached hydrogen (secondary N) is 1. The number of rotatable bonds is 7. The van der Waals surface area contributed by atoms with Crippen molar-refractivity contribution in [3.05, 3.63) is 58.3 Å². The zero-order valence-electron chi connectivity index (χ0n) is 15.1. The highest BCUT2D eigenvalue weighted by Gasteiger charge is 2.18. The minimum absolute atomic E-state index is 0.0448. The summed E-state index contributed by atoms with van der Waals surface area (Å²) in [4.78, 5) is 28.5. The van der Waals surface area contributed by atoms with Gasteiger partial charge in [-0.3, -0.25) is 14.2 Å². The molecule has 2 aromatic rings. The predicted molar refractivity (Wildman–Crippen MR) is 99.4 cm³/mol. The van der Waals surface area contributed by atoms with E-state index in [0.717, 1.165) is 24.1 Å². The van der Waals surface area contributed by atoms with E-state index in [-0.39, 0.29) is 18.1 Å². The summed E-state index contributed by atoms with van der Waals surface area (Å²) in [5, 5.41) is 2.76. The lowest BCUT2D eigenvalue weighted by molar-refractivity contribution is -0.123. The van der Waals surface area contributed by atoms with E-state index in [1.807, 2.05) is 31.2 Å². The Labute approximate surface area is 153 Å². The normalized spacial score (nSPS) is 14.3. The predicted octanol–water partition coefficient (Wildman–Crippen LogP) is 2.40. The molecule has 1 aliphatic carbocycles. The van der Waals surface area contributed by atoms with Crippen molar-refractivity contribution >= 4 is 5.91 Å². The first kappa shape index (κ1) is 18.2. The molecule has 0 atom stereocenters. The van der Waals surface area contributed by atoms with Crippen LogP contribution in [0.15, 0.2) is 41.5 Å². The Kier molecular flexibility index (Phi) is 6.04. The van der Waals surface area contributed by atoms with Gasteiger partial charge in [0.05, 0.1) is 12.0 Å². The van der Waals surface area contributed by atoms with Crippen LogP contribution in [0.5, 0.6) is 5.75 Å². The van der Waals surface area contributed by atoms with Gasteiger partial charge in [0.15, 0.2) is 6.61 Å². The Morgan fingerprint density at radius 3 is 2.69 bits per heavy atom. The van der Waals surface area contributed by atoms with Crippen molar-refractivity contribution in [2.75, 3.05) is 13.2 Å². The highest BCUT2D eigenvalue weighted by molar-refractivity contribution is 5.77. The average Bonchev–Trinajstić information content (AvgIpc) is 3.17. The highest BCUT2D eigenvalue weighted by atomic mass is 16.5.